The van der Waals surface area contributed by atoms with E-state index in [1.54, 1.807) is 18.2 Å². The van der Waals surface area contributed by atoms with Crippen molar-refractivity contribution in [2.45, 2.75) is 51.0 Å². The van der Waals surface area contributed by atoms with E-state index in [4.69, 9.17) is 5.11 Å². The summed E-state index contributed by atoms with van der Waals surface area (Å²) in [5.74, 6) is 5.36. The molecule has 1 rings (SSSR count). The first-order chi connectivity index (χ1) is 9.94. The van der Waals surface area contributed by atoms with Crippen molar-refractivity contribution in [3.63, 3.8) is 0 Å². The van der Waals surface area contributed by atoms with Gasteiger partial charge in [0.05, 0.1) is 4.90 Å². The highest BCUT2D eigenvalue weighted by atomic mass is 32.2. The number of aliphatic hydroxyl groups is 1. The minimum Gasteiger partial charge on any atom is -0.384 e. The molecule has 0 aliphatic rings. The fourth-order valence-corrected chi connectivity index (χ4v) is 3.50. The van der Waals surface area contributed by atoms with Crippen molar-refractivity contribution in [2.24, 2.45) is 0 Å². The second-order valence-electron chi connectivity index (χ2n) is 4.95. The number of nitrogens with one attached hydrogen (secondary N) is 1. The zero-order valence-corrected chi connectivity index (χ0v) is 13.6. The minimum atomic E-state index is -3.50. The number of benzene rings is 1. The van der Waals surface area contributed by atoms with Crippen molar-refractivity contribution in [2.75, 3.05) is 6.61 Å². The molecule has 0 amide bonds. The van der Waals surface area contributed by atoms with Gasteiger partial charge in [-0.25, -0.2) is 13.1 Å². The summed E-state index contributed by atoms with van der Waals surface area (Å²) in [4.78, 5) is 0.254. The van der Waals surface area contributed by atoms with Gasteiger partial charge in [-0.1, -0.05) is 32.1 Å². The molecule has 0 aliphatic heterocycles. The summed E-state index contributed by atoms with van der Waals surface area (Å²) in [5, 5.41) is 8.70. The second kappa shape index (κ2) is 8.18. The van der Waals surface area contributed by atoms with Crippen LogP contribution in [-0.4, -0.2) is 26.2 Å². The predicted molar refractivity (Wildman–Crippen MR) is 84.5 cm³/mol. The zero-order chi connectivity index (χ0) is 15.9. The van der Waals surface area contributed by atoms with Gasteiger partial charge in [0.2, 0.25) is 10.0 Å². The van der Waals surface area contributed by atoms with E-state index in [0.717, 1.165) is 30.4 Å². The highest BCUT2D eigenvalue weighted by Crippen LogP contribution is 2.16. The molecule has 0 spiro atoms. The summed E-state index contributed by atoms with van der Waals surface area (Å²) in [6.07, 6.45) is 2.54. The van der Waals surface area contributed by atoms with Crippen molar-refractivity contribution >= 4 is 10.0 Å². The van der Waals surface area contributed by atoms with Crippen molar-refractivity contribution in [1.29, 1.82) is 0 Å². The lowest BCUT2D eigenvalue weighted by molar-refractivity contribution is 0.350. The Balaban J connectivity index is 3.01. The van der Waals surface area contributed by atoms with Gasteiger partial charge in [0, 0.05) is 11.6 Å². The van der Waals surface area contributed by atoms with Gasteiger partial charge in [-0.15, -0.1) is 0 Å². The Morgan fingerprint density at radius 1 is 1.33 bits per heavy atom. The molecule has 4 nitrogen and oxygen atoms in total. The van der Waals surface area contributed by atoms with E-state index >= 15 is 0 Å². The maximum absolute atomic E-state index is 12.4. The van der Waals surface area contributed by atoms with Gasteiger partial charge in [0.1, 0.15) is 6.61 Å². The van der Waals surface area contributed by atoms with Crippen LogP contribution in [0.1, 0.15) is 44.2 Å². The first-order valence-electron chi connectivity index (χ1n) is 7.17. The van der Waals surface area contributed by atoms with Crippen molar-refractivity contribution < 1.29 is 13.5 Å². The van der Waals surface area contributed by atoms with Gasteiger partial charge >= 0.3 is 0 Å². The van der Waals surface area contributed by atoms with Crippen LogP contribution in [0.25, 0.3) is 0 Å². The third-order valence-corrected chi connectivity index (χ3v) is 4.78. The molecule has 0 fully saturated rings. The molecular weight excluding hydrogens is 286 g/mol. The third kappa shape index (κ3) is 5.16. The van der Waals surface area contributed by atoms with Gasteiger partial charge in [-0.05, 0) is 43.5 Å². The maximum atomic E-state index is 12.4. The Hall–Kier alpha value is -1.35. The molecule has 0 saturated heterocycles. The summed E-state index contributed by atoms with van der Waals surface area (Å²) >= 11 is 0. The Bertz CT molecular complexity index is 627. The molecule has 21 heavy (non-hydrogen) atoms. The van der Waals surface area contributed by atoms with Crippen LogP contribution >= 0.6 is 0 Å². The van der Waals surface area contributed by atoms with Crippen molar-refractivity contribution in [3.8, 4) is 11.8 Å². The lowest BCUT2D eigenvalue weighted by atomic mass is 10.1. The fraction of sp³-hybridized carbons (Fsp3) is 0.500. The number of rotatable bonds is 6. The molecule has 0 heterocycles. The monoisotopic (exact) mass is 309 g/mol. The van der Waals surface area contributed by atoms with Crippen LogP contribution in [0, 0.1) is 18.8 Å². The average Bonchev–Trinajstić information content (AvgIpc) is 2.45. The van der Waals surface area contributed by atoms with Crippen molar-refractivity contribution in [3.05, 3.63) is 29.3 Å². The van der Waals surface area contributed by atoms with E-state index in [9.17, 15) is 8.42 Å². The summed E-state index contributed by atoms with van der Waals surface area (Å²) in [7, 11) is -3.50. The van der Waals surface area contributed by atoms with E-state index in [2.05, 4.69) is 16.6 Å². The second-order valence-corrected chi connectivity index (χ2v) is 6.67. The number of sulfonamides is 1. The highest BCUT2D eigenvalue weighted by molar-refractivity contribution is 7.89. The molecule has 1 unspecified atom stereocenters. The van der Waals surface area contributed by atoms with Gasteiger partial charge in [-0.2, -0.15) is 0 Å². The van der Waals surface area contributed by atoms with E-state index in [0.29, 0.717) is 0 Å². The van der Waals surface area contributed by atoms with Crippen LogP contribution in [0.5, 0.6) is 0 Å². The van der Waals surface area contributed by atoms with Gasteiger partial charge in [0.15, 0.2) is 0 Å². The van der Waals surface area contributed by atoms with Gasteiger partial charge in [-0.3, -0.25) is 0 Å². The van der Waals surface area contributed by atoms with E-state index in [1.165, 1.54) is 0 Å². The Morgan fingerprint density at radius 3 is 2.57 bits per heavy atom. The molecule has 0 aromatic heterocycles. The molecule has 2 N–H and O–H groups in total. The molecule has 1 aromatic carbocycles. The summed E-state index contributed by atoms with van der Waals surface area (Å²) in [5.41, 5.74) is 1.51. The molecule has 0 saturated carbocycles. The predicted octanol–water partition coefficient (Wildman–Crippen LogP) is 2.20. The van der Waals surface area contributed by atoms with Crippen LogP contribution in [0.3, 0.4) is 0 Å². The minimum absolute atomic E-state index is 0.0332. The standard InChI is InChI=1S/C16H23NO3S/c1-4-7-15(5-2)17-21(19,20)16-10-9-14(8-6-11-18)13(3)12-16/h9-10,12,15,17-18H,4-5,7,11H2,1-3H3. The van der Waals surface area contributed by atoms with Crippen LogP contribution in [-0.2, 0) is 10.0 Å². The van der Waals surface area contributed by atoms with Crippen LogP contribution in [0.2, 0.25) is 0 Å². The lowest BCUT2D eigenvalue weighted by Gasteiger charge is -2.16. The zero-order valence-electron chi connectivity index (χ0n) is 12.8. The SMILES string of the molecule is CCCC(CC)NS(=O)(=O)c1ccc(C#CCO)c(C)c1. The smallest absolute Gasteiger partial charge is 0.240 e. The maximum Gasteiger partial charge on any atom is 0.240 e. The topological polar surface area (TPSA) is 66.4 Å². The Kier molecular flexibility index (Phi) is 6.90. The largest absolute Gasteiger partial charge is 0.384 e. The first-order valence-corrected chi connectivity index (χ1v) is 8.65. The lowest BCUT2D eigenvalue weighted by Crippen LogP contribution is -2.34. The first kappa shape index (κ1) is 17.7. The van der Waals surface area contributed by atoms with Crippen LogP contribution < -0.4 is 4.72 Å². The van der Waals surface area contributed by atoms with E-state index in [-0.39, 0.29) is 17.5 Å². The summed E-state index contributed by atoms with van der Waals surface area (Å²) in [6, 6.07) is 4.81. The van der Waals surface area contributed by atoms with Crippen LogP contribution in [0.15, 0.2) is 23.1 Å². The average molecular weight is 309 g/mol. The number of hydrogen-bond acceptors (Lipinski definition) is 3. The number of aryl methyl sites for hydroxylation is 1. The summed E-state index contributed by atoms with van der Waals surface area (Å²) < 4.78 is 27.5. The molecule has 0 aliphatic carbocycles. The molecule has 0 bridgehead atoms. The highest BCUT2D eigenvalue weighted by Gasteiger charge is 2.19. The summed E-state index contributed by atoms with van der Waals surface area (Å²) in [6.45, 7) is 5.61. The number of hydrogen-bond donors (Lipinski definition) is 2. The van der Waals surface area contributed by atoms with Crippen LogP contribution in [0.4, 0.5) is 0 Å². The Labute approximate surface area is 127 Å². The molecule has 116 valence electrons. The third-order valence-electron chi connectivity index (χ3n) is 3.26. The molecule has 1 atom stereocenters. The Morgan fingerprint density at radius 2 is 2.05 bits per heavy atom. The molecule has 0 radical (unpaired) electrons. The van der Waals surface area contributed by atoms with E-state index in [1.807, 2.05) is 20.8 Å². The van der Waals surface area contributed by atoms with E-state index < -0.39 is 10.0 Å². The normalized spacial score (nSPS) is 12.6. The van der Waals surface area contributed by atoms with Gasteiger partial charge < -0.3 is 5.11 Å². The molecule has 1 aromatic rings. The van der Waals surface area contributed by atoms with Gasteiger partial charge in [0.25, 0.3) is 0 Å². The molecular formula is C16H23NO3S. The number of aliphatic hydroxyl groups excluding tert-OH is 1. The quantitative estimate of drug-likeness (QED) is 0.792. The molecule has 5 heteroatoms. The van der Waals surface area contributed by atoms with Crippen molar-refractivity contribution in [1.82, 2.24) is 4.72 Å². The fourth-order valence-electron chi connectivity index (χ4n) is 2.06.